The fraction of sp³-hybridized carbons (Fsp3) is 0.300. The Hall–Kier alpha value is -4.73. The zero-order valence-corrected chi connectivity index (χ0v) is 22.9. The molecule has 1 atom stereocenters. The zero-order valence-electron chi connectivity index (χ0n) is 22.9. The van der Waals surface area contributed by atoms with Crippen LogP contribution in [-0.4, -0.2) is 38.6 Å². The average Bonchev–Trinajstić information content (AvgIpc) is 3.42. The van der Waals surface area contributed by atoms with Crippen LogP contribution in [-0.2, 0) is 21.5 Å². The first kappa shape index (κ1) is 28.3. The van der Waals surface area contributed by atoms with E-state index in [0.717, 1.165) is 11.4 Å². The number of rotatable bonds is 11. The molecule has 0 spiro atoms. The first-order chi connectivity index (χ1) is 19.1. The molecule has 0 bridgehead atoms. The van der Waals surface area contributed by atoms with Crippen LogP contribution in [0.2, 0.25) is 0 Å². The Labute approximate surface area is 232 Å². The van der Waals surface area contributed by atoms with Gasteiger partial charge in [0.25, 0.3) is 0 Å². The summed E-state index contributed by atoms with van der Waals surface area (Å²) in [5.41, 5.74) is 0.0717. The number of hydrogen-bond acceptors (Lipinski definition) is 9. The van der Waals surface area contributed by atoms with Crippen molar-refractivity contribution in [3.63, 3.8) is 0 Å². The minimum absolute atomic E-state index is 0.0148. The number of furan rings is 1. The maximum atomic E-state index is 12.3. The number of carbonyl (C=O) groups excluding carboxylic acids is 1. The van der Waals surface area contributed by atoms with E-state index in [1.807, 2.05) is 51.1 Å². The topological polar surface area (TPSA) is 137 Å². The number of esters is 1. The number of pyridine rings is 1. The highest BCUT2D eigenvalue weighted by molar-refractivity contribution is 5.86. The van der Waals surface area contributed by atoms with Gasteiger partial charge in [0, 0.05) is 24.5 Å². The largest absolute Gasteiger partial charge is 0.481 e. The van der Waals surface area contributed by atoms with Crippen molar-refractivity contribution in [3.05, 3.63) is 95.8 Å². The van der Waals surface area contributed by atoms with E-state index in [0.29, 0.717) is 23.6 Å². The van der Waals surface area contributed by atoms with Gasteiger partial charge >= 0.3 is 17.9 Å². The lowest BCUT2D eigenvalue weighted by Gasteiger charge is -2.43. The van der Waals surface area contributed by atoms with Gasteiger partial charge in [-0.3, -0.25) is 4.79 Å². The van der Waals surface area contributed by atoms with Gasteiger partial charge in [0.2, 0.25) is 5.76 Å². The number of carboxylic acid groups (broad SMARTS) is 1. The van der Waals surface area contributed by atoms with Crippen LogP contribution >= 0.6 is 0 Å². The number of aromatic nitrogens is 3. The van der Waals surface area contributed by atoms with Crippen LogP contribution in [0.5, 0.6) is 11.8 Å². The minimum Gasteiger partial charge on any atom is -0.481 e. The minimum atomic E-state index is -1.19. The molecule has 3 aromatic heterocycles. The Bertz CT molecular complexity index is 1450. The maximum absolute atomic E-state index is 12.3. The van der Waals surface area contributed by atoms with Crippen molar-refractivity contribution >= 4 is 17.8 Å². The van der Waals surface area contributed by atoms with Crippen molar-refractivity contribution in [1.82, 2.24) is 15.0 Å². The van der Waals surface area contributed by atoms with Gasteiger partial charge in [0.15, 0.2) is 0 Å². The van der Waals surface area contributed by atoms with Crippen molar-refractivity contribution in [2.75, 3.05) is 11.9 Å². The number of aliphatic carboxylic acids is 1. The molecule has 0 radical (unpaired) electrons. The average molecular weight is 545 g/mol. The van der Waals surface area contributed by atoms with E-state index in [-0.39, 0.29) is 24.8 Å². The van der Waals surface area contributed by atoms with Gasteiger partial charge in [-0.05, 0) is 54.3 Å². The Morgan fingerprint density at radius 2 is 1.80 bits per heavy atom. The van der Waals surface area contributed by atoms with Gasteiger partial charge in [-0.1, -0.05) is 39.0 Å². The molecular weight excluding hydrogens is 512 g/mol. The number of carboxylic acids is 1. The lowest BCUT2D eigenvalue weighted by molar-refractivity contribution is -0.139. The fourth-order valence-corrected chi connectivity index (χ4v) is 4.59. The molecule has 10 nitrogen and oxygen atoms in total. The van der Waals surface area contributed by atoms with E-state index in [1.165, 1.54) is 18.5 Å². The number of anilines is 1. The number of ether oxygens (including phenoxy) is 2. The molecule has 10 heteroatoms. The van der Waals surface area contributed by atoms with Crippen LogP contribution in [0.15, 0.2) is 77.7 Å². The molecular formula is C30H32N4O6. The summed E-state index contributed by atoms with van der Waals surface area (Å²) in [6.07, 6.45) is 4.33. The summed E-state index contributed by atoms with van der Waals surface area (Å²) < 4.78 is 16.5. The van der Waals surface area contributed by atoms with E-state index >= 15 is 0 Å². The number of hydrogen-bond donors (Lipinski definition) is 2. The normalized spacial score (nSPS) is 12.8. The summed E-state index contributed by atoms with van der Waals surface area (Å²) in [5, 5.41) is 13.2. The number of benzene rings is 1. The second kappa shape index (κ2) is 12.0. The molecule has 0 saturated carbocycles. The van der Waals surface area contributed by atoms with Crippen LogP contribution in [0.25, 0.3) is 0 Å². The summed E-state index contributed by atoms with van der Waals surface area (Å²) in [6, 6.07) is 16.4. The van der Waals surface area contributed by atoms with Crippen molar-refractivity contribution in [2.24, 2.45) is 5.41 Å². The van der Waals surface area contributed by atoms with Crippen molar-refractivity contribution in [2.45, 2.75) is 46.1 Å². The molecule has 4 rings (SSSR count). The van der Waals surface area contributed by atoms with E-state index in [4.69, 9.17) is 13.9 Å². The molecule has 1 unspecified atom stereocenters. The van der Waals surface area contributed by atoms with Gasteiger partial charge in [0.1, 0.15) is 11.6 Å². The highest BCUT2D eigenvalue weighted by Gasteiger charge is 2.49. The molecule has 2 N–H and O–H groups in total. The highest BCUT2D eigenvalue weighted by Crippen LogP contribution is 2.49. The summed E-state index contributed by atoms with van der Waals surface area (Å²) in [6.45, 7) is 8.20. The van der Waals surface area contributed by atoms with E-state index in [9.17, 15) is 14.7 Å². The molecule has 0 fully saturated rings. The molecule has 1 aromatic carbocycles. The molecule has 0 saturated heterocycles. The third kappa shape index (κ3) is 6.28. The van der Waals surface area contributed by atoms with Gasteiger partial charge in [0.05, 0.1) is 30.4 Å². The van der Waals surface area contributed by atoms with E-state index < -0.39 is 22.8 Å². The maximum Gasteiger partial charge on any atom is 0.374 e. The quantitative estimate of drug-likeness (QED) is 0.221. The predicted octanol–water partition coefficient (Wildman–Crippen LogP) is 5.85. The van der Waals surface area contributed by atoms with Crippen LogP contribution in [0.3, 0.4) is 0 Å². The third-order valence-electron chi connectivity index (χ3n) is 6.61. The third-order valence-corrected chi connectivity index (χ3v) is 6.61. The predicted molar refractivity (Wildman–Crippen MR) is 147 cm³/mol. The van der Waals surface area contributed by atoms with Crippen molar-refractivity contribution < 1.29 is 28.6 Å². The summed E-state index contributed by atoms with van der Waals surface area (Å²) in [4.78, 5) is 37.7. The van der Waals surface area contributed by atoms with Crippen molar-refractivity contribution in [3.8, 4) is 11.8 Å². The van der Waals surface area contributed by atoms with Crippen LogP contribution < -0.4 is 10.1 Å². The Morgan fingerprint density at radius 3 is 2.45 bits per heavy atom. The molecule has 208 valence electrons. The Morgan fingerprint density at radius 1 is 1.02 bits per heavy atom. The first-order valence-corrected chi connectivity index (χ1v) is 12.9. The van der Waals surface area contributed by atoms with Gasteiger partial charge in [-0.2, -0.15) is 4.98 Å². The first-order valence-electron chi connectivity index (χ1n) is 12.9. The Kier molecular flexibility index (Phi) is 8.47. The SMILES string of the molecule is CCOC(=O)c1cc(C(CC(=O)O)(c2ccnc(Oc3ccc(CNc4ccccn4)cc3)n2)C(C)(C)C)co1. The smallest absolute Gasteiger partial charge is 0.374 e. The Balaban J connectivity index is 1.62. The monoisotopic (exact) mass is 544 g/mol. The van der Waals surface area contributed by atoms with Gasteiger partial charge < -0.3 is 24.3 Å². The summed E-state index contributed by atoms with van der Waals surface area (Å²) in [5.74, 6) is -0.379. The molecule has 4 aromatic rings. The molecule has 3 heterocycles. The lowest BCUT2D eigenvalue weighted by Crippen LogP contribution is -2.43. The summed E-state index contributed by atoms with van der Waals surface area (Å²) >= 11 is 0. The van der Waals surface area contributed by atoms with Crippen molar-refractivity contribution in [1.29, 1.82) is 0 Å². The number of nitrogens with zero attached hydrogens (tertiary/aromatic N) is 3. The van der Waals surface area contributed by atoms with E-state index in [1.54, 1.807) is 31.3 Å². The number of carbonyl (C=O) groups is 2. The molecule has 0 aliphatic carbocycles. The van der Waals surface area contributed by atoms with Gasteiger partial charge in [-0.15, -0.1) is 0 Å². The summed E-state index contributed by atoms with van der Waals surface area (Å²) in [7, 11) is 0. The second-order valence-electron chi connectivity index (χ2n) is 10.2. The van der Waals surface area contributed by atoms with Crippen LogP contribution in [0, 0.1) is 5.41 Å². The second-order valence-corrected chi connectivity index (χ2v) is 10.2. The molecule has 0 aliphatic rings. The standard InChI is InChI=1S/C30H32N4O6/c1-5-38-27(37)23-16-21(19-39-23)30(17-26(35)36,29(2,3)4)24-13-15-32-28(34-24)40-22-11-9-20(10-12-22)18-33-25-8-6-7-14-31-25/h6-16,19H,5,17-18H2,1-4H3,(H,31,33)(H,35,36). The van der Waals surface area contributed by atoms with Gasteiger partial charge in [-0.25, -0.2) is 14.8 Å². The molecule has 0 aliphatic heterocycles. The van der Waals surface area contributed by atoms with E-state index in [2.05, 4.69) is 20.3 Å². The van der Waals surface area contributed by atoms with Crippen LogP contribution in [0.4, 0.5) is 5.82 Å². The fourth-order valence-electron chi connectivity index (χ4n) is 4.59. The zero-order chi connectivity index (χ0) is 28.8. The highest BCUT2D eigenvalue weighted by atomic mass is 16.5. The molecule has 0 amide bonds. The molecule has 40 heavy (non-hydrogen) atoms. The van der Waals surface area contributed by atoms with Crippen LogP contribution in [0.1, 0.15) is 61.5 Å². The number of nitrogens with one attached hydrogen (secondary N) is 1. The lowest BCUT2D eigenvalue weighted by atomic mass is 9.59.